The monoisotopic (exact) mass is 267 g/mol. The lowest BCUT2D eigenvalue weighted by Gasteiger charge is -2.10. The maximum absolute atomic E-state index is 5.19. The van der Waals surface area contributed by atoms with Crippen molar-refractivity contribution in [1.82, 2.24) is 15.5 Å². The van der Waals surface area contributed by atoms with Crippen molar-refractivity contribution >= 4 is 11.8 Å². The van der Waals surface area contributed by atoms with Crippen molar-refractivity contribution in [3.8, 4) is 11.7 Å². The summed E-state index contributed by atoms with van der Waals surface area (Å²) < 4.78 is 10.3. The number of nitrogens with zero attached hydrogens (tertiary/aromatic N) is 2. The van der Waals surface area contributed by atoms with E-state index in [9.17, 15) is 0 Å². The molecule has 0 aromatic carbocycles. The Balaban J connectivity index is 1.84. The van der Waals surface area contributed by atoms with Crippen molar-refractivity contribution in [1.29, 1.82) is 0 Å². The van der Waals surface area contributed by atoms with Gasteiger partial charge < -0.3 is 14.3 Å². The van der Waals surface area contributed by atoms with Gasteiger partial charge in [-0.05, 0) is 24.8 Å². The third kappa shape index (κ3) is 3.61. The molecule has 0 saturated carbocycles. The smallest absolute Gasteiger partial charge is 0.293 e. The average Bonchev–Trinajstić information content (AvgIpc) is 3.03. The normalized spacial score (nSPS) is 12.8. The quantitative estimate of drug-likeness (QED) is 0.831. The SMILES string of the molecule is CCSC[C@@H](C)NCc1noc(-c2ccco2)n1. The van der Waals surface area contributed by atoms with Crippen molar-refractivity contribution in [3.05, 3.63) is 24.2 Å². The van der Waals surface area contributed by atoms with Gasteiger partial charge in [-0.25, -0.2) is 0 Å². The van der Waals surface area contributed by atoms with E-state index in [2.05, 4.69) is 29.3 Å². The van der Waals surface area contributed by atoms with Crippen molar-refractivity contribution in [2.45, 2.75) is 26.4 Å². The molecule has 6 heteroatoms. The summed E-state index contributed by atoms with van der Waals surface area (Å²) in [6.45, 7) is 4.91. The first-order chi connectivity index (χ1) is 8.79. The molecule has 2 aromatic rings. The Labute approximate surface area is 110 Å². The molecule has 2 rings (SSSR count). The summed E-state index contributed by atoms with van der Waals surface area (Å²) >= 11 is 1.91. The highest BCUT2D eigenvalue weighted by molar-refractivity contribution is 7.99. The maximum Gasteiger partial charge on any atom is 0.293 e. The molecular weight excluding hydrogens is 250 g/mol. The van der Waals surface area contributed by atoms with Crippen LogP contribution in [0.15, 0.2) is 27.3 Å². The van der Waals surface area contributed by atoms with Gasteiger partial charge in [0.2, 0.25) is 0 Å². The fourth-order valence-electron chi connectivity index (χ4n) is 1.45. The van der Waals surface area contributed by atoms with Gasteiger partial charge >= 0.3 is 0 Å². The van der Waals surface area contributed by atoms with E-state index in [4.69, 9.17) is 8.94 Å². The molecule has 0 aliphatic heterocycles. The lowest BCUT2D eigenvalue weighted by molar-refractivity contribution is 0.405. The predicted octanol–water partition coefficient (Wildman–Crippen LogP) is 2.56. The molecule has 0 radical (unpaired) electrons. The van der Waals surface area contributed by atoms with Crippen LogP contribution in [0.1, 0.15) is 19.7 Å². The van der Waals surface area contributed by atoms with Crippen LogP contribution in [0.5, 0.6) is 0 Å². The van der Waals surface area contributed by atoms with Crippen LogP contribution in [0.2, 0.25) is 0 Å². The van der Waals surface area contributed by atoms with E-state index in [1.165, 1.54) is 0 Å². The second-order valence-corrected chi connectivity index (χ2v) is 5.25. The lowest BCUT2D eigenvalue weighted by atomic mass is 10.4. The maximum atomic E-state index is 5.19. The van der Waals surface area contributed by atoms with E-state index < -0.39 is 0 Å². The summed E-state index contributed by atoms with van der Waals surface area (Å²) in [5, 5.41) is 7.26. The molecule has 1 atom stereocenters. The number of rotatable bonds is 7. The fourth-order valence-corrected chi connectivity index (χ4v) is 2.15. The Morgan fingerprint density at radius 3 is 3.11 bits per heavy atom. The zero-order valence-electron chi connectivity index (χ0n) is 10.5. The van der Waals surface area contributed by atoms with E-state index in [1.54, 1.807) is 18.4 Å². The molecular formula is C12H17N3O2S. The third-order valence-electron chi connectivity index (χ3n) is 2.38. The highest BCUT2D eigenvalue weighted by atomic mass is 32.2. The summed E-state index contributed by atoms with van der Waals surface area (Å²) in [5.74, 6) is 3.89. The first-order valence-electron chi connectivity index (χ1n) is 5.97. The Morgan fingerprint density at radius 1 is 1.50 bits per heavy atom. The molecule has 0 aliphatic rings. The number of furan rings is 1. The van der Waals surface area contributed by atoms with Crippen LogP contribution in [0.3, 0.4) is 0 Å². The number of thioether (sulfide) groups is 1. The summed E-state index contributed by atoms with van der Waals surface area (Å²) in [7, 11) is 0. The van der Waals surface area contributed by atoms with E-state index in [1.807, 2.05) is 11.8 Å². The molecule has 0 unspecified atom stereocenters. The van der Waals surface area contributed by atoms with Crippen LogP contribution in [0, 0.1) is 0 Å². The number of hydrogen-bond donors (Lipinski definition) is 1. The Morgan fingerprint density at radius 2 is 2.39 bits per heavy atom. The summed E-state index contributed by atoms with van der Waals surface area (Å²) in [6, 6.07) is 4.02. The molecule has 2 heterocycles. The average molecular weight is 267 g/mol. The first kappa shape index (κ1) is 13.2. The van der Waals surface area contributed by atoms with Crippen molar-refractivity contribution < 1.29 is 8.94 Å². The fraction of sp³-hybridized carbons (Fsp3) is 0.500. The first-order valence-corrected chi connectivity index (χ1v) is 7.12. The second-order valence-electron chi connectivity index (χ2n) is 3.93. The molecule has 5 nitrogen and oxygen atoms in total. The molecule has 0 spiro atoms. The zero-order valence-corrected chi connectivity index (χ0v) is 11.4. The highest BCUT2D eigenvalue weighted by Gasteiger charge is 2.11. The standard InChI is InChI=1S/C12H17N3O2S/c1-3-18-8-9(2)13-7-11-14-12(17-15-11)10-5-4-6-16-10/h4-6,9,13H,3,7-8H2,1-2H3/t9-/m1/s1. The summed E-state index contributed by atoms with van der Waals surface area (Å²) in [6.07, 6.45) is 1.58. The number of aromatic nitrogens is 2. The Hall–Kier alpha value is -1.27. The minimum Gasteiger partial charge on any atom is -0.459 e. The van der Waals surface area contributed by atoms with Gasteiger partial charge in [-0.15, -0.1) is 0 Å². The van der Waals surface area contributed by atoms with Crippen molar-refractivity contribution in [3.63, 3.8) is 0 Å². The van der Waals surface area contributed by atoms with E-state index >= 15 is 0 Å². The van der Waals surface area contributed by atoms with Crippen LogP contribution in [0.4, 0.5) is 0 Å². The largest absolute Gasteiger partial charge is 0.459 e. The Bertz CT molecular complexity index is 456. The summed E-state index contributed by atoms with van der Waals surface area (Å²) in [5.41, 5.74) is 0. The van der Waals surface area contributed by atoms with Crippen LogP contribution >= 0.6 is 11.8 Å². The van der Waals surface area contributed by atoms with Gasteiger partial charge in [-0.2, -0.15) is 16.7 Å². The second kappa shape index (κ2) is 6.61. The molecule has 2 aromatic heterocycles. The molecule has 98 valence electrons. The van der Waals surface area contributed by atoms with Gasteiger partial charge in [0.25, 0.3) is 5.89 Å². The van der Waals surface area contributed by atoms with Gasteiger partial charge in [0.05, 0.1) is 12.8 Å². The lowest BCUT2D eigenvalue weighted by Crippen LogP contribution is -2.28. The topological polar surface area (TPSA) is 64.1 Å². The number of hydrogen-bond acceptors (Lipinski definition) is 6. The number of nitrogens with one attached hydrogen (secondary N) is 1. The van der Waals surface area contributed by atoms with Gasteiger partial charge in [0.1, 0.15) is 0 Å². The molecule has 1 N–H and O–H groups in total. The molecule has 18 heavy (non-hydrogen) atoms. The minimum absolute atomic E-state index is 0.424. The van der Waals surface area contributed by atoms with Gasteiger partial charge in [0.15, 0.2) is 11.6 Å². The molecule has 0 aliphatic carbocycles. The highest BCUT2D eigenvalue weighted by Crippen LogP contribution is 2.16. The van der Waals surface area contributed by atoms with Crippen LogP contribution in [-0.2, 0) is 6.54 Å². The van der Waals surface area contributed by atoms with E-state index in [0.29, 0.717) is 30.1 Å². The predicted molar refractivity (Wildman–Crippen MR) is 71.3 cm³/mol. The molecule has 0 amide bonds. The van der Waals surface area contributed by atoms with Crippen LogP contribution < -0.4 is 5.32 Å². The van der Waals surface area contributed by atoms with Crippen molar-refractivity contribution in [2.24, 2.45) is 0 Å². The summed E-state index contributed by atoms with van der Waals surface area (Å²) in [4.78, 5) is 4.26. The van der Waals surface area contributed by atoms with E-state index in [0.717, 1.165) is 11.5 Å². The van der Waals surface area contributed by atoms with E-state index in [-0.39, 0.29) is 0 Å². The van der Waals surface area contributed by atoms with Crippen molar-refractivity contribution in [2.75, 3.05) is 11.5 Å². The minimum atomic E-state index is 0.424. The van der Waals surface area contributed by atoms with Crippen LogP contribution in [0.25, 0.3) is 11.7 Å². The zero-order chi connectivity index (χ0) is 12.8. The Kier molecular flexibility index (Phi) is 4.83. The molecule has 0 fully saturated rings. The van der Waals surface area contributed by atoms with Crippen LogP contribution in [-0.4, -0.2) is 27.7 Å². The third-order valence-corrected chi connectivity index (χ3v) is 3.52. The van der Waals surface area contributed by atoms with Gasteiger partial charge in [-0.1, -0.05) is 12.1 Å². The molecule has 0 saturated heterocycles. The van der Waals surface area contributed by atoms with Gasteiger partial charge in [-0.3, -0.25) is 0 Å². The van der Waals surface area contributed by atoms with Gasteiger partial charge in [0, 0.05) is 11.8 Å². The molecule has 0 bridgehead atoms.